The Morgan fingerprint density at radius 3 is 2.88 bits per heavy atom. The Hall–Kier alpha value is -0.860. The van der Waals surface area contributed by atoms with Gasteiger partial charge in [0.25, 0.3) is 0 Å². The molecule has 0 amide bonds. The number of hydrogen-bond acceptors (Lipinski definition) is 2. The first-order chi connectivity index (χ1) is 8.42. The molecule has 0 aromatic heterocycles. The summed E-state index contributed by atoms with van der Waals surface area (Å²) in [7, 11) is 0. The molecule has 2 saturated heterocycles. The first kappa shape index (κ1) is 11.2. The summed E-state index contributed by atoms with van der Waals surface area (Å²) in [5.41, 5.74) is 1.41. The molecule has 2 aliphatic heterocycles. The lowest BCUT2D eigenvalue weighted by Gasteiger charge is -2.43. The van der Waals surface area contributed by atoms with Gasteiger partial charge in [-0.05, 0) is 43.8 Å². The summed E-state index contributed by atoms with van der Waals surface area (Å²) in [6, 6.07) is 11.5. The minimum absolute atomic E-state index is 0.742. The molecule has 0 aliphatic carbocycles. The standard InChI is InChI=1S/C15H22N2/c1-2-5-13(6-3-1)11-16-15-8-10-17-9-4-7-14(15)12-17/h1-3,5-6,14-16H,4,7-12H2. The van der Waals surface area contributed by atoms with E-state index in [0.29, 0.717) is 0 Å². The Balaban J connectivity index is 1.55. The molecule has 0 saturated carbocycles. The van der Waals surface area contributed by atoms with E-state index in [4.69, 9.17) is 0 Å². The molecule has 3 unspecified atom stereocenters. The van der Waals surface area contributed by atoms with Crippen molar-refractivity contribution in [3.05, 3.63) is 35.9 Å². The van der Waals surface area contributed by atoms with Crippen LogP contribution in [-0.2, 0) is 6.54 Å². The van der Waals surface area contributed by atoms with Crippen LogP contribution in [0.15, 0.2) is 30.3 Å². The van der Waals surface area contributed by atoms with Crippen molar-refractivity contribution >= 4 is 0 Å². The van der Waals surface area contributed by atoms with Crippen molar-refractivity contribution in [1.29, 1.82) is 0 Å². The van der Waals surface area contributed by atoms with Crippen LogP contribution in [0.2, 0.25) is 0 Å². The maximum absolute atomic E-state index is 3.77. The monoisotopic (exact) mass is 230 g/mol. The van der Waals surface area contributed by atoms with E-state index in [1.165, 1.54) is 44.5 Å². The fourth-order valence-electron chi connectivity index (χ4n) is 3.29. The summed E-state index contributed by atoms with van der Waals surface area (Å²) in [5, 5.41) is 3.77. The van der Waals surface area contributed by atoms with Crippen molar-refractivity contribution in [2.24, 2.45) is 5.92 Å². The van der Waals surface area contributed by atoms with Crippen LogP contribution < -0.4 is 5.32 Å². The molecule has 3 atom stereocenters. The van der Waals surface area contributed by atoms with Gasteiger partial charge in [-0.1, -0.05) is 30.3 Å². The molecule has 1 N–H and O–H groups in total. The summed E-state index contributed by atoms with van der Waals surface area (Å²) < 4.78 is 0. The number of benzene rings is 1. The predicted molar refractivity (Wildman–Crippen MR) is 70.9 cm³/mol. The number of hydrogen-bond donors (Lipinski definition) is 1. The molecule has 3 rings (SSSR count). The Morgan fingerprint density at radius 1 is 1.12 bits per heavy atom. The Labute approximate surface area is 104 Å². The van der Waals surface area contributed by atoms with Gasteiger partial charge in [-0.3, -0.25) is 0 Å². The minimum Gasteiger partial charge on any atom is -0.310 e. The van der Waals surface area contributed by atoms with Gasteiger partial charge in [0, 0.05) is 19.1 Å². The largest absolute Gasteiger partial charge is 0.310 e. The zero-order valence-corrected chi connectivity index (χ0v) is 10.4. The maximum Gasteiger partial charge on any atom is 0.0208 e. The summed E-state index contributed by atoms with van der Waals surface area (Å²) in [5.74, 6) is 0.890. The van der Waals surface area contributed by atoms with E-state index < -0.39 is 0 Å². The van der Waals surface area contributed by atoms with Crippen molar-refractivity contribution < 1.29 is 0 Å². The Bertz CT molecular complexity index is 349. The van der Waals surface area contributed by atoms with Gasteiger partial charge in [-0.25, -0.2) is 0 Å². The van der Waals surface area contributed by atoms with E-state index in [0.717, 1.165) is 18.5 Å². The van der Waals surface area contributed by atoms with E-state index in [-0.39, 0.29) is 0 Å². The summed E-state index contributed by atoms with van der Waals surface area (Å²) in [6.45, 7) is 4.99. The highest BCUT2D eigenvalue weighted by Gasteiger charge is 2.31. The molecule has 2 heteroatoms. The van der Waals surface area contributed by atoms with Gasteiger partial charge in [0.15, 0.2) is 0 Å². The van der Waals surface area contributed by atoms with E-state index in [9.17, 15) is 0 Å². The third-order valence-corrected chi connectivity index (χ3v) is 4.28. The van der Waals surface area contributed by atoms with Crippen LogP contribution in [0, 0.1) is 5.92 Å². The topological polar surface area (TPSA) is 15.3 Å². The van der Waals surface area contributed by atoms with Crippen molar-refractivity contribution in [2.75, 3.05) is 19.6 Å². The van der Waals surface area contributed by atoms with Crippen LogP contribution >= 0.6 is 0 Å². The van der Waals surface area contributed by atoms with Gasteiger partial charge in [0.05, 0.1) is 0 Å². The molecular weight excluding hydrogens is 208 g/mol. The molecule has 1 aromatic carbocycles. The zero-order chi connectivity index (χ0) is 11.5. The van der Waals surface area contributed by atoms with E-state index in [1.807, 2.05) is 0 Å². The normalized spacial score (nSPS) is 32.4. The fraction of sp³-hybridized carbons (Fsp3) is 0.600. The second-order valence-electron chi connectivity index (χ2n) is 5.46. The molecule has 2 fully saturated rings. The minimum atomic E-state index is 0.742. The van der Waals surface area contributed by atoms with Crippen molar-refractivity contribution in [2.45, 2.75) is 31.8 Å². The molecule has 92 valence electrons. The second kappa shape index (κ2) is 5.19. The summed E-state index contributed by atoms with van der Waals surface area (Å²) in [4.78, 5) is 2.63. The molecule has 2 bridgehead atoms. The number of rotatable bonds is 3. The lowest BCUT2D eigenvalue weighted by atomic mass is 9.85. The number of nitrogens with one attached hydrogen (secondary N) is 1. The highest BCUT2D eigenvalue weighted by molar-refractivity contribution is 5.14. The van der Waals surface area contributed by atoms with Gasteiger partial charge in [-0.2, -0.15) is 0 Å². The third-order valence-electron chi connectivity index (χ3n) is 4.28. The average Bonchev–Trinajstić information content (AvgIpc) is 2.40. The van der Waals surface area contributed by atoms with E-state index in [1.54, 1.807) is 0 Å². The van der Waals surface area contributed by atoms with E-state index >= 15 is 0 Å². The van der Waals surface area contributed by atoms with Gasteiger partial charge in [0.2, 0.25) is 0 Å². The van der Waals surface area contributed by atoms with Crippen LogP contribution in [0.5, 0.6) is 0 Å². The zero-order valence-electron chi connectivity index (χ0n) is 10.4. The molecule has 2 nitrogen and oxygen atoms in total. The highest BCUT2D eigenvalue weighted by atomic mass is 15.2. The molecule has 2 heterocycles. The van der Waals surface area contributed by atoms with E-state index in [2.05, 4.69) is 40.5 Å². The number of fused-ring (bicyclic) bond motifs is 2. The van der Waals surface area contributed by atoms with Gasteiger partial charge in [0.1, 0.15) is 0 Å². The predicted octanol–water partition coefficient (Wildman–Crippen LogP) is 2.26. The summed E-state index contributed by atoms with van der Waals surface area (Å²) in [6.07, 6.45) is 4.15. The quantitative estimate of drug-likeness (QED) is 0.857. The lowest BCUT2D eigenvalue weighted by Crippen LogP contribution is -2.51. The molecule has 0 radical (unpaired) electrons. The first-order valence-electron chi connectivity index (χ1n) is 6.91. The van der Waals surface area contributed by atoms with Crippen LogP contribution in [0.4, 0.5) is 0 Å². The SMILES string of the molecule is c1ccc(CNC2CCN3CCCC2C3)cc1. The summed E-state index contributed by atoms with van der Waals surface area (Å²) >= 11 is 0. The molecule has 2 aliphatic rings. The number of nitrogens with zero attached hydrogens (tertiary/aromatic N) is 1. The van der Waals surface area contributed by atoms with Crippen LogP contribution in [0.3, 0.4) is 0 Å². The fourth-order valence-corrected chi connectivity index (χ4v) is 3.29. The molecule has 1 aromatic rings. The second-order valence-corrected chi connectivity index (χ2v) is 5.46. The average molecular weight is 230 g/mol. The van der Waals surface area contributed by atoms with Crippen molar-refractivity contribution in [3.8, 4) is 0 Å². The molecule has 0 spiro atoms. The molecular formula is C15H22N2. The van der Waals surface area contributed by atoms with Gasteiger partial charge < -0.3 is 10.2 Å². The number of piperidine rings is 2. The highest BCUT2D eigenvalue weighted by Crippen LogP contribution is 2.26. The smallest absolute Gasteiger partial charge is 0.0208 e. The van der Waals surface area contributed by atoms with Crippen LogP contribution in [0.25, 0.3) is 0 Å². The lowest BCUT2D eigenvalue weighted by molar-refractivity contribution is 0.0915. The van der Waals surface area contributed by atoms with Crippen molar-refractivity contribution in [3.63, 3.8) is 0 Å². The van der Waals surface area contributed by atoms with Crippen LogP contribution in [-0.4, -0.2) is 30.6 Å². The maximum atomic E-state index is 3.77. The Morgan fingerprint density at radius 2 is 2.00 bits per heavy atom. The van der Waals surface area contributed by atoms with Gasteiger partial charge >= 0.3 is 0 Å². The third kappa shape index (κ3) is 2.70. The first-order valence-corrected chi connectivity index (χ1v) is 6.91. The van der Waals surface area contributed by atoms with Crippen LogP contribution in [0.1, 0.15) is 24.8 Å². The Kier molecular flexibility index (Phi) is 3.44. The molecule has 17 heavy (non-hydrogen) atoms. The van der Waals surface area contributed by atoms with Gasteiger partial charge in [-0.15, -0.1) is 0 Å². The van der Waals surface area contributed by atoms with Crippen molar-refractivity contribution in [1.82, 2.24) is 10.2 Å².